The summed E-state index contributed by atoms with van der Waals surface area (Å²) in [6.07, 6.45) is 1.97. The fourth-order valence-corrected chi connectivity index (χ4v) is 4.82. The Morgan fingerprint density at radius 3 is 2.50 bits per heavy atom. The first-order valence-corrected chi connectivity index (χ1v) is 12.6. The maximum atomic E-state index is 13.9. The van der Waals surface area contributed by atoms with Crippen LogP contribution in [-0.4, -0.2) is 12.5 Å². The van der Waals surface area contributed by atoms with Crippen LogP contribution in [0.3, 0.4) is 0 Å². The number of ether oxygens (including phenoxy) is 1. The lowest BCUT2D eigenvalue weighted by Crippen LogP contribution is -2.29. The number of carbonyl (C=O) groups excluding carboxylic acids is 1. The van der Waals surface area contributed by atoms with Gasteiger partial charge in [-0.15, -0.1) is 0 Å². The van der Waals surface area contributed by atoms with Gasteiger partial charge >= 0.3 is 0 Å². The van der Waals surface area contributed by atoms with Gasteiger partial charge in [0.1, 0.15) is 11.3 Å². The number of unbranched alkanes of at least 4 members (excludes halogenated alkanes) is 1. The molecule has 0 radical (unpaired) electrons. The van der Waals surface area contributed by atoms with Crippen LogP contribution in [0.5, 0.6) is 5.75 Å². The van der Waals surface area contributed by atoms with Gasteiger partial charge in [-0.25, -0.2) is 0 Å². The Balaban J connectivity index is 1.74. The first kappa shape index (κ1) is 24.1. The van der Waals surface area contributed by atoms with E-state index in [0.29, 0.717) is 39.6 Å². The summed E-state index contributed by atoms with van der Waals surface area (Å²) in [5, 5.41) is 1.01. The van der Waals surface area contributed by atoms with Gasteiger partial charge in [0.25, 0.3) is 5.91 Å². The van der Waals surface area contributed by atoms with E-state index in [-0.39, 0.29) is 17.1 Å². The lowest BCUT2D eigenvalue weighted by Gasteiger charge is -2.26. The Kier molecular flexibility index (Phi) is 6.35. The van der Waals surface area contributed by atoms with Crippen molar-refractivity contribution in [3.05, 3.63) is 103 Å². The number of halogens is 1. The quantitative estimate of drug-likeness (QED) is 0.260. The van der Waals surface area contributed by atoms with Crippen molar-refractivity contribution < 1.29 is 13.9 Å². The molecule has 1 atom stereocenters. The van der Waals surface area contributed by atoms with Crippen LogP contribution in [0, 0.1) is 20.8 Å². The summed E-state index contributed by atoms with van der Waals surface area (Å²) >= 11 is 6.45. The molecular weight excluding hydrogens is 474 g/mol. The van der Waals surface area contributed by atoms with E-state index in [2.05, 4.69) is 6.92 Å². The Hall–Kier alpha value is -3.57. The maximum Gasteiger partial charge on any atom is 0.295 e. The standard InChI is InChI=1S/C30H28ClNO4/c1-5-6-12-35-22-9-7-8-20(15-22)27-26-28(33)23-13-18(3)19(4)14-25(23)36-29(26)30(34)32(27)21-11-10-17(2)24(31)16-21/h7-11,13-16,27H,5-6,12H2,1-4H3. The number of hydrogen-bond acceptors (Lipinski definition) is 4. The molecule has 0 saturated carbocycles. The Morgan fingerprint density at radius 1 is 0.972 bits per heavy atom. The second kappa shape index (κ2) is 9.47. The van der Waals surface area contributed by atoms with Crippen molar-refractivity contribution in [2.45, 2.75) is 46.6 Å². The lowest BCUT2D eigenvalue weighted by molar-refractivity contribution is 0.0971. The summed E-state index contributed by atoms with van der Waals surface area (Å²) in [5.41, 5.74) is 4.79. The summed E-state index contributed by atoms with van der Waals surface area (Å²) in [4.78, 5) is 29.4. The normalized spacial score (nSPS) is 15.0. The van der Waals surface area contributed by atoms with Gasteiger partial charge in [-0.05, 0) is 85.8 Å². The topological polar surface area (TPSA) is 59.8 Å². The molecule has 3 aromatic carbocycles. The van der Waals surface area contributed by atoms with E-state index >= 15 is 0 Å². The van der Waals surface area contributed by atoms with E-state index < -0.39 is 6.04 Å². The van der Waals surface area contributed by atoms with Gasteiger partial charge < -0.3 is 9.15 Å². The molecule has 0 saturated heterocycles. The second-order valence-electron chi connectivity index (χ2n) is 9.39. The fourth-order valence-electron chi connectivity index (χ4n) is 4.65. The molecule has 0 N–H and O–H groups in total. The summed E-state index contributed by atoms with van der Waals surface area (Å²) in [6, 6.07) is 16.0. The Labute approximate surface area is 215 Å². The van der Waals surface area contributed by atoms with Crippen LogP contribution in [0.25, 0.3) is 11.0 Å². The van der Waals surface area contributed by atoms with Crippen molar-refractivity contribution >= 4 is 34.2 Å². The Bertz CT molecular complexity index is 1560. The number of benzene rings is 3. The molecule has 0 aliphatic carbocycles. The van der Waals surface area contributed by atoms with Gasteiger partial charge in [0.15, 0.2) is 5.43 Å². The molecule has 0 spiro atoms. The van der Waals surface area contributed by atoms with Crippen molar-refractivity contribution in [1.82, 2.24) is 0 Å². The number of rotatable bonds is 6. The predicted molar refractivity (Wildman–Crippen MR) is 144 cm³/mol. The minimum atomic E-state index is -0.678. The highest BCUT2D eigenvalue weighted by atomic mass is 35.5. The second-order valence-corrected chi connectivity index (χ2v) is 9.80. The highest BCUT2D eigenvalue weighted by Crippen LogP contribution is 2.42. The van der Waals surface area contributed by atoms with E-state index in [9.17, 15) is 9.59 Å². The van der Waals surface area contributed by atoms with E-state index in [4.69, 9.17) is 20.8 Å². The molecular formula is C30H28ClNO4. The maximum absolute atomic E-state index is 13.9. The van der Waals surface area contributed by atoms with Crippen molar-refractivity contribution in [2.75, 3.05) is 11.5 Å². The summed E-state index contributed by atoms with van der Waals surface area (Å²) in [7, 11) is 0. The third-order valence-electron chi connectivity index (χ3n) is 6.86. The zero-order chi connectivity index (χ0) is 25.6. The lowest BCUT2D eigenvalue weighted by atomic mass is 9.97. The first-order chi connectivity index (χ1) is 17.3. The fraction of sp³-hybridized carbons (Fsp3) is 0.267. The molecule has 1 unspecified atom stereocenters. The van der Waals surface area contributed by atoms with E-state index in [0.717, 1.165) is 35.1 Å². The molecule has 0 fully saturated rings. The van der Waals surface area contributed by atoms with E-state index in [1.165, 1.54) is 0 Å². The van der Waals surface area contributed by atoms with Gasteiger partial charge in [-0.2, -0.15) is 0 Å². The van der Waals surface area contributed by atoms with Gasteiger partial charge in [0.2, 0.25) is 5.76 Å². The van der Waals surface area contributed by atoms with Crippen molar-refractivity contribution in [1.29, 1.82) is 0 Å². The van der Waals surface area contributed by atoms with Gasteiger partial charge in [-0.1, -0.05) is 43.1 Å². The van der Waals surface area contributed by atoms with Crippen LogP contribution in [0.2, 0.25) is 5.02 Å². The SMILES string of the molecule is CCCCOc1cccc(C2c3c(oc4cc(C)c(C)cc4c3=O)C(=O)N2c2ccc(C)c(Cl)c2)c1. The Morgan fingerprint density at radius 2 is 1.75 bits per heavy atom. The van der Waals surface area contributed by atoms with E-state index in [1.807, 2.05) is 69.3 Å². The van der Waals surface area contributed by atoms with Crippen LogP contribution < -0.4 is 15.1 Å². The molecule has 4 aromatic rings. The third-order valence-corrected chi connectivity index (χ3v) is 7.27. The molecule has 184 valence electrons. The van der Waals surface area contributed by atoms with Crippen molar-refractivity contribution in [3.8, 4) is 5.75 Å². The summed E-state index contributed by atoms with van der Waals surface area (Å²) in [5.74, 6) is 0.389. The van der Waals surface area contributed by atoms with Gasteiger partial charge in [-0.3, -0.25) is 14.5 Å². The molecule has 5 nitrogen and oxygen atoms in total. The summed E-state index contributed by atoms with van der Waals surface area (Å²) < 4.78 is 12.1. The number of carbonyl (C=O) groups is 1. The molecule has 6 heteroatoms. The number of nitrogens with zero attached hydrogens (tertiary/aromatic N) is 1. The predicted octanol–water partition coefficient (Wildman–Crippen LogP) is 7.30. The zero-order valence-corrected chi connectivity index (χ0v) is 21.6. The number of anilines is 1. The number of fused-ring (bicyclic) bond motifs is 2. The van der Waals surface area contributed by atoms with Gasteiger partial charge in [0, 0.05) is 10.7 Å². The minimum Gasteiger partial charge on any atom is -0.494 e. The average Bonchev–Trinajstić information content (AvgIpc) is 3.15. The molecule has 0 bridgehead atoms. The largest absolute Gasteiger partial charge is 0.494 e. The van der Waals surface area contributed by atoms with Gasteiger partial charge in [0.05, 0.1) is 23.6 Å². The highest BCUT2D eigenvalue weighted by Gasteiger charge is 2.44. The molecule has 1 aliphatic heterocycles. The van der Waals surface area contributed by atoms with Crippen LogP contribution in [0.15, 0.2) is 63.8 Å². The minimum absolute atomic E-state index is 0.0646. The van der Waals surface area contributed by atoms with Crippen molar-refractivity contribution in [3.63, 3.8) is 0 Å². The number of amides is 1. The number of aryl methyl sites for hydroxylation is 3. The zero-order valence-electron chi connectivity index (χ0n) is 20.9. The third kappa shape index (κ3) is 4.07. The average molecular weight is 502 g/mol. The van der Waals surface area contributed by atoms with E-state index in [1.54, 1.807) is 11.0 Å². The number of hydrogen-bond donors (Lipinski definition) is 0. The smallest absolute Gasteiger partial charge is 0.295 e. The monoisotopic (exact) mass is 501 g/mol. The molecule has 5 rings (SSSR count). The van der Waals surface area contributed by atoms with Crippen LogP contribution in [0.1, 0.15) is 64.2 Å². The van der Waals surface area contributed by atoms with Crippen LogP contribution >= 0.6 is 11.6 Å². The van der Waals surface area contributed by atoms with Crippen LogP contribution in [0.4, 0.5) is 5.69 Å². The molecule has 36 heavy (non-hydrogen) atoms. The molecule has 1 aromatic heterocycles. The summed E-state index contributed by atoms with van der Waals surface area (Å²) in [6.45, 7) is 8.53. The molecule has 1 aliphatic rings. The molecule has 1 amide bonds. The van der Waals surface area contributed by atoms with Crippen LogP contribution in [-0.2, 0) is 0 Å². The first-order valence-electron chi connectivity index (χ1n) is 12.2. The van der Waals surface area contributed by atoms with Crippen molar-refractivity contribution in [2.24, 2.45) is 0 Å². The molecule has 2 heterocycles. The highest BCUT2D eigenvalue weighted by molar-refractivity contribution is 6.31.